The van der Waals surface area contributed by atoms with E-state index >= 15 is 0 Å². The van der Waals surface area contributed by atoms with E-state index < -0.39 is 28.4 Å². The molecule has 3 aromatic rings. The number of amides is 1. The second-order valence-corrected chi connectivity index (χ2v) is 9.62. The Balaban J connectivity index is 1.49. The number of nitrogens with one attached hydrogen (secondary N) is 2. The summed E-state index contributed by atoms with van der Waals surface area (Å²) in [6, 6.07) is 17.0. The van der Waals surface area contributed by atoms with Crippen molar-refractivity contribution in [3.8, 4) is 5.75 Å². The number of carbonyl (C=O) groups excluding carboxylic acids is 2. The van der Waals surface area contributed by atoms with Crippen LogP contribution in [-0.4, -0.2) is 33.1 Å². The number of benzene rings is 3. The van der Waals surface area contributed by atoms with Gasteiger partial charge in [0, 0.05) is 5.02 Å². The minimum atomic E-state index is -3.81. The van der Waals surface area contributed by atoms with Crippen molar-refractivity contribution in [3.05, 3.63) is 93.5 Å². The number of carbonyl (C=O) groups is 2. The van der Waals surface area contributed by atoms with E-state index in [-0.39, 0.29) is 21.2 Å². The van der Waals surface area contributed by atoms with Crippen molar-refractivity contribution in [3.63, 3.8) is 0 Å². The van der Waals surface area contributed by atoms with Crippen molar-refractivity contribution in [1.29, 1.82) is 0 Å². The molecule has 0 heterocycles. The molecule has 0 saturated heterocycles. The van der Waals surface area contributed by atoms with Crippen LogP contribution in [0.5, 0.6) is 5.75 Å². The lowest BCUT2D eigenvalue weighted by Gasteiger charge is -2.07. The molecular weight excluding hydrogens is 501 g/mol. The van der Waals surface area contributed by atoms with Gasteiger partial charge in [-0.1, -0.05) is 40.9 Å². The van der Waals surface area contributed by atoms with E-state index in [1.165, 1.54) is 36.5 Å². The third kappa shape index (κ3) is 7.13. The molecule has 11 heteroatoms. The maximum Gasteiger partial charge on any atom is 0.345 e. The summed E-state index contributed by atoms with van der Waals surface area (Å²) < 4.78 is 31.9. The molecule has 3 aromatic carbocycles. The maximum absolute atomic E-state index is 12.2. The molecular formula is C23H19Cl2N3O5S. The molecule has 1 amide bonds. The molecule has 0 saturated carbocycles. The van der Waals surface area contributed by atoms with E-state index in [1.54, 1.807) is 36.4 Å². The van der Waals surface area contributed by atoms with Crippen molar-refractivity contribution < 1.29 is 22.7 Å². The second-order valence-electron chi connectivity index (χ2n) is 7.01. The second kappa shape index (κ2) is 11.3. The Kier molecular flexibility index (Phi) is 8.41. The van der Waals surface area contributed by atoms with Crippen molar-refractivity contribution in [2.24, 2.45) is 5.10 Å². The minimum absolute atomic E-state index is 0.0634. The molecule has 0 bridgehead atoms. The first-order valence-corrected chi connectivity index (χ1v) is 12.0. The van der Waals surface area contributed by atoms with Crippen molar-refractivity contribution >= 4 is 51.3 Å². The van der Waals surface area contributed by atoms with Gasteiger partial charge in [-0.3, -0.25) is 4.79 Å². The highest BCUT2D eigenvalue weighted by molar-refractivity contribution is 7.89. The molecule has 0 aliphatic heterocycles. The van der Waals surface area contributed by atoms with Crippen molar-refractivity contribution in [2.75, 3.05) is 6.54 Å². The molecule has 0 fully saturated rings. The summed E-state index contributed by atoms with van der Waals surface area (Å²) in [7, 11) is -3.81. The van der Waals surface area contributed by atoms with Gasteiger partial charge in [-0.15, -0.1) is 0 Å². The number of nitrogens with zero attached hydrogens (tertiary/aromatic N) is 1. The van der Waals surface area contributed by atoms with Crippen LogP contribution in [-0.2, 0) is 14.8 Å². The maximum atomic E-state index is 12.2. The number of esters is 1. The molecule has 0 aliphatic carbocycles. The van der Waals surface area contributed by atoms with Crippen LogP contribution in [0.4, 0.5) is 0 Å². The van der Waals surface area contributed by atoms with E-state index in [2.05, 4.69) is 15.2 Å². The number of halogens is 2. The monoisotopic (exact) mass is 519 g/mol. The van der Waals surface area contributed by atoms with Gasteiger partial charge in [0.05, 0.1) is 28.2 Å². The SMILES string of the molecule is Cc1ccc(S(=O)(=O)NCC(=O)N/N=C\c2ccc(OC(=O)c3ccc(Cl)cc3Cl)cc2)cc1. The number of rotatable bonds is 8. The summed E-state index contributed by atoms with van der Waals surface area (Å²) in [6.45, 7) is 1.36. The zero-order chi connectivity index (χ0) is 24.7. The van der Waals surface area contributed by atoms with Gasteiger partial charge in [0.1, 0.15) is 5.75 Å². The summed E-state index contributed by atoms with van der Waals surface area (Å²) in [4.78, 5) is 24.2. The van der Waals surface area contributed by atoms with E-state index in [9.17, 15) is 18.0 Å². The first-order valence-electron chi connectivity index (χ1n) is 9.79. The van der Waals surface area contributed by atoms with Gasteiger partial charge in [0.2, 0.25) is 10.0 Å². The van der Waals surface area contributed by atoms with Gasteiger partial charge in [-0.2, -0.15) is 5.10 Å². The van der Waals surface area contributed by atoms with Crippen LogP contribution in [0.3, 0.4) is 0 Å². The van der Waals surface area contributed by atoms with Gasteiger partial charge < -0.3 is 4.74 Å². The molecule has 3 rings (SSSR count). The molecule has 0 spiro atoms. The number of hydrazone groups is 1. The van der Waals surface area contributed by atoms with Gasteiger partial charge in [-0.25, -0.2) is 23.4 Å². The fraction of sp³-hybridized carbons (Fsp3) is 0.0870. The highest BCUT2D eigenvalue weighted by Gasteiger charge is 2.15. The molecule has 2 N–H and O–H groups in total. The lowest BCUT2D eigenvalue weighted by atomic mass is 10.2. The van der Waals surface area contributed by atoms with Gasteiger partial charge in [0.15, 0.2) is 0 Å². The van der Waals surface area contributed by atoms with Crippen LogP contribution in [0, 0.1) is 6.92 Å². The summed E-state index contributed by atoms with van der Waals surface area (Å²) in [6.07, 6.45) is 1.36. The van der Waals surface area contributed by atoms with E-state index in [1.807, 2.05) is 6.92 Å². The number of aryl methyl sites for hydroxylation is 1. The molecule has 0 radical (unpaired) electrons. The van der Waals surface area contributed by atoms with Gasteiger partial charge in [0.25, 0.3) is 5.91 Å². The topological polar surface area (TPSA) is 114 Å². The fourth-order valence-electron chi connectivity index (χ4n) is 2.62. The Morgan fingerprint density at radius 3 is 2.32 bits per heavy atom. The molecule has 34 heavy (non-hydrogen) atoms. The summed E-state index contributed by atoms with van der Waals surface area (Å²) in [5.41, 5.74) is 3.94. The Morgan fingerprint density at radius 1 is 1.00 bits per heavy atom. The van der Waals surface area contributed by atoms with E-state index in [4.69, 9.17) is 27.9 Å². The lowest BCUT2D eigenvalue weighted by Crippen LogP contribution is -2.34. The average molecular weight is 520 g/mol. The quantitative estimate of drug-likeness (QED) is 0.202. The number of hydrogen-bond acceptors (Lipinski definition) is 6. The largest absolute Gasteiger partial charge is 0.423 e. The summed E-state index contributed by atoms with van der Waals surface area (Å²) in [5, 5.41) is 4.37. The van der Waals surface area contributed by atoms with Crippen LogP contribution in [0.15, 0.2) is 76.7 Å². The third-order valence-corrected chi connectivity index (χ3v) is 6.36. The zero-order valence-electron chi connectivity index (χ0n) is 17.8. The first kappa shape index (κ1) is 25.4. The Hall–Kier alpha value is -3.24. The summed E-state index contributed by atoms with van der Waals surface area (Å²) in [5.74, 6) is -0.997. The van der Waals surface area contributed by atoms with E-state index in [0.717, 1.165) is 5.56 Å². The van der Waals surface area contributed by atoms with Crippen LogP contribution < -0.4 is 14.9 Å². The third-order valence-electron chi connectivity index (χ3n) is 4.40. The highest BCUT2D eigenvalue weighted by Crippen LogP contribution is 2.23. The summed E-state index contributed by atoms with van der Waals surface area (Å²) >= 11 is 11.8. The van der Waals surface area contributed by atoms with Gasteiger partial charge in [-0.05, 0) is 67.1 Å². The number of ether oxygens (including phenoxy) is 1. The fourth-order valence-corrected chi connectivity index (χ4v) is 4.09. The van der Waals surface area contributed by atoms with Crippen molar-refractivity contribution in [1.82, 2.24) is 10.1 Å². The van der Waals surface area contributed by atoms with Crippen LogP contribution in [0.25, 0.3) is 0 Å². The minimum Gasteiger partial charge on any atom is -0.423 e. The Morgan fingerprint density at radius 2 is 1.68 bits per heavy atom. The van der Waals surface area contributed by atoms with Gasteiger partial charge >= 0.3 is 5.97 Å². The first-order chi connectivity index (χ1) is 16.1. The predicted octanol–water partition coefficient (Wildman–Crippen LogP) is 3.95. The molecule has 176 valence electrons. The van der Waals surface area contributed by atoms with Crippen LogP contribution in [0.2, 0.25) is 10.0 Å². The molecule has 0 aromatic heterocycles. The standard InChI is InChI=1S/C23H19Cl2N3O5S/c1-15-2-9-19(10-3-15)34(31,32)27-14-22(29)28-26-13-16-4-7-18(8-5-16)33-23(30)20-11-6-17(24)12-21(20)25/h2-13,27H,14H2,1H3,(H,28,29)/b26-13-. The normalized spacial score (nSPS) is 11.4. The van der Waals surface area contributed by atoms with Crippen LogP contribution >= 0.6 is 23.2 Å². The molecule has 0 unspecified atom stereocenters. The number of hydrogen-bond donors (Lipinski definition) is 2. The average Bonchev–Trinajstić information content (AvgIpc) is 2.79. The molecule has 0 atom stereocenters. The number of sulfonamides is 1. The lowest BCUT2D eigenvalue weighted by molar-refractivity contribution is -0.119. The van der Waals surface area contributed by atoms with E-state index in [0.29, 0.717) is 10.6 Å². The Labute approximate surface area is 206 Å². The predicted molar refractivity (Wildman–Crippen MR) is 130 cm³/mol. The Bertz CT molecular complexity index is 1330. The smallest absolute Gasteiger partial charge is 0.345 e. The van der Waals surface area contributed by atoms with Crippen LogP contribution in [0.1, 0.15) is 21.5 Å². The molecule has 8 nitrogen and oxygen atoms in total. The molecule has 0 aliphatic rings. The zero-order valence-corrected chi connectivity index (χ0v) is 20.1. The van der Waals surface area contributed by atoms with Crippen molar-refractivity contribution in [2.45, 2.75) is 11.8 Å². The highest BCUT2D eigenvalue weighted by atomic mass is 35.5.